The molecule has 1 aliphatic rings. The third-order valence-electron chi connectivity index (χ3n) is 5.11. The summed E-state index contributed by atoms with van der Waals surface area (Å²) in [5.74, 6) is -0.831. The lowest BCUT2D eigenvalue weighted by molar-refractivity contribution is -0.143. The van der Waals surface area contributed by atoms with Crippen LogP contribution >= 0.6 is 11.8 Å². The smallest absolute Gasteiger partial charge is 0.315 e. The van der Waals surface area contributed by atoms with Crippen LogP contribution in [0.1, 0.15) is 81.1 Å². The van der Waals surface area contributed by atoms with Gasteiger partial charge in [0.25, 0.3) is 0 Å². The highest BCUT2D eigenvalue weighted by atomic mass is 32.2. The van der Waals surface area contributed by atoms with Crippen molar-refractivity contribution in [1.29, 1.82) is 0 Å². The van der Waals surface area contributed by atoms with Crippen molar-refractivity contribution < 1.29 is 14.7 Å². The molecule has 2 atom stereocenters. The highest BCUT2D eigenvalue weighted by Crippen LogP contribution is 2.45. The maximum Gasteiger partial charge on any atom is 0.315 e. The van der Waals surface area contributed by atoms with Gasteiger partial charge in [0.15, 0.2) is 0 Å². The highest BCUT2D eigenvalue weighted by Gasteiger charge is 2.49. The number of hydrogen-bond acceptors (Lipinski definition) is 3. The average Bonchev–Trinajstić information content (AvgIpc) is 2.58. The van der Waals surface area contributed by atoms with Gasteiger partial charge in [-0.3, -0.25) is 9.59 Å². The summed E-state index contributed by atoms with van der Waals surface area (Å²) in [6.07, 6.45) is 9.16. The zero-order valence-corrected chi connectivity index (χ0v) is 15.5. The van der Waals surface area contributed by atoms with Crippen molar-refractivity contribution in [3.8, 4) is 0 Å². The van der Waals surface area contributed by atoms with Gasteiger partial charge in [-0.25, -0.2) is 0 Å². The zero-order valence-electron chi connectivity index (χ0n) is 14.7. The molecule has 2 rings (SSSR count). The predicted octanol–water partition coefficient (Wildman–Crippen LogP) is 5.43. The number of carbonyl (C=O) groups is 2. The summed E-state index contributed by atoms with van der Waals surface area (Å²) in [4.78, 5) is 24.4. The summed E-state index contributed by atoms with van der Waals surface area (Å²) >= 11 is 1.22. The van der Waals surface area contributed by atoms with E-state index in [1.807, 2.05) is 6.07 Å². The fourth-order valence-electron chi connectivity index (χ4n) is 3.49. The molecule has 0 aliphatic carbocycles. The van der Waals surface area contributed by atoms with Crippen LogP contribution in [0.15, 0.2) is 24.3 Å². The van der Waals surface area contributed by atoms with Crippen molar-refractivity contribution in [2.24, 2.45) is 0 Å². The Morgan fingerprint density at radius 3 is 2.42 bits per heavy atom. The van der Waals surface area contributed by atoms with E-state index >= 15 is 0 Å². The molecular weight excluding hydrogens is 320 g/mol. The van der Waals surface area contributed by atoms with Crippen LogP contribution in [0.4, 0.5) is 0 Å². The summed E-state index contributed by atoms with van der Waals surface area (Å²) in [6, 6.07) is 7.18. The molecule has 0 amide bonds. The third kappa shape index (κ3) is 4.02. The van der Waals surface area contributed by atoms with Crippen LogP contribution in [0.25, 0.3) is 0 Å². The lowest BCUT2D eigenvalue weighted by atomic mass is 9.75. The molecule has 0 spiro atoms. The minimum atomic E-state index is -0.989. The first-order valence-electron chi connectivity index (χ1n) is 9.05. The second-order valence-electron chi connectivity index (χ2n) is 6.86. The van der Waals surface area contributed by atoms with Crippen molar-refractivity contribution in [2.75, 3.05) is 0 Å². The Labute approximate surface area is 149 Å². The lowest BCUT2D eigenvalue weighted by Gasteiger charge is -2.38. The standard InChI is InChI=1S/C20H28O3S/c1-3-4-5-6-7-8-9-14-17-20(2,19(22)23)16-13-11-10-12-15(16)18(21)24-17/h10-13,17H,3-9,14H2,1-2H3,(H,22,23). The number of aliphatic carboxylic acids is 1. The number of thioether (sulfide) groups is 1. The Bertz CT molecular complexity index is 584. The SMILES string of the molecule is CCCCCCCCCC1SC(=O)c2ccccc2C1(C)C(=O)O. The first-order valence-corrected chi connectivity index (χ1v) is 9.93. The van der Waals surface area contributed by atoms with Gasteiger partial charge in [-0.1, -0.05) is 87.9 Å². The van der Waals surface area contributed by atoms with Gasteiger partial charge in [0, 0.05) is 10.8 Å². The molecule has 1 heterocycles. The zero-order chi connectivity index (χ0) is 17.6. The summed E-state index contributed by atoms with van der Waals surface area (Å²) in [5, 5.41) is 9.70. The fraction of sp³-hybridized carbons (Fsp3) is 0.600. The van der Waals surface area contributed by atoms with Crippen LogP contribution in [0, 0.1) is 0 Å². The summed E-state index contributed by atoms with van der Waals surface area (Å²) < 4.78 is 0. The second-order valence-corrected chi connectivity index (χ2v) is 8.03. The van der Waals surface area contributed by atoms with E-state index in [-0.39, 0.29) is 10.4 Å². The Hall–Kier alpha value is -1.29. The number of carboxylic acid groups (broad SMARTS) is 1. The van der Waals surface area contributed by atoms with Gasteiger partial charge in [-0.05, 0) is 18.9 Å². The van der Waals surface area contributed by atoms with Crippen LogP contribution in [0.5, 0.6) is 0 Å². The molecule has 3 nitrogen and oxygen atoms in total. The molecule has 24 heavy (non-hydrogen) atoms. The van der Waals surface area contributed by atoms with Crippen molar-refractivity contribution in [3.63, 3.8) is 0 Å². The maximum absolute atomic E-state index is 12.4. The van der Waals surface area contributed by atoms with E-state index in [0.717, 1.165) is 19.3 Å². The summed E-state index contributed by atoms with van der Waals surface area (Å²) in [7, 11) is 0. The van der Waals surface area contributed by atoms with E-state index in [9.17, 15) is 14.7 Å². The molecule has 4 heteroatoms. The highest BCUT2D eigenvalue weighted by molar-refractivity contribution is 8.14. The largest absolute Gasteiger partial charge is 0.481 e. The molecule has 0 radical (unpaired) electrons. The number of fused-ring (bicyclic) bond motifs is 1. The van der Waals surface area contributed by atoms with E-state index < -0.39 is 11.4 Å². The van der Waals surface area contributed by atoms with E-state index in [0.29, 0.717) is 11.1 Å². The normalized spacial score (nSPS) is 23.1. The van der Waals surface area contributed by atoms with Crippen LogP contribution in [0.2, 0.25) is 0 Å². The van der Waals surface area contributed by atoms with Crippen molar-refractivity contribution in [2.45, 2.75) is 75.9 Å². The predicted molar refractivity (Wildman–Crippen MR) is 99.7 cm³/mol. The van der Waals surface area contributed by atoms with E-state index in [1.54, 1.807) is 25.1 Å². The molecule has 1 N–H and O–H groups in total. The monoisotopic (exact) mass is 348 g/mol. The Morgan fingerprint density at radius 2 is 1.75 bits per heavy atom. The van der Waals surface area contributed by atoms with Gasteiger partial charge in [0.05, 0.1) is 0 Å². The molecule has 0 aromatic heterocycles. The van der Waals surface area contributed by atoms with Gasteiger partial charge in [-0.2, -0.15) is 0 Å². The first kappa shape index (κ1) is 19.0. The fourth-order valence-corrected chi connectivity index (χ4v) is 4.80. The average molecular weight is 349 g/mol. The topological polar surface area (TPSA) is 54.4 Å². The number of hydrogen-bond donors (Lipinski definition) is 1. The van der Waals surface area contributed by atoms with Gasteiger partial charge in [0.2, 0.25) is 5.12 Å². The Balaban J connectivity index is 2.02. The maximum atomic E-state index is 12.4. The Kier molecular flexibility index (Phi) is 6.90. The van der Waals surface area contributed by atoms with E-state index in [2.05, 4.69) is 6.92 Å². The lowest BCUT2D eigenvalue weighted by Crippen LogP contribution is -2.46. The number of carboxylic acids is 1. The minimum absolute atomic E-state index is 0.0114. The quantitative estimate of drug-likeness (QED) is 0.605. The number of unbranched alkanes of at least 4 members (excludes halogenated alkanes) is 6. The molecular formula is C20H28O3S. The molecule has 1 aliphatic heterocycles. The molecule has 1 aromatic rings. The van der Waals surface area contributed by atoms with Crippen LogP contribution in [-0.2, 0) is 10.2 Å². The molecule has 2 unspecified atom stereocenters. The van der Waals surface area contributed by atoms with Gasteiger partial charge < -0.3 is 5.11 Å². The first-order chi connectivity index (χ1) is 11.5. The van der Waals surface area contributed by atoms with Crippen molar-refractivity contribution >= 4 is 22.8 Å². The summed E-state index contributed by atoms with van der Waals surface area (Å²) in [5.41, 5.74) is 0.245. The van der Waals surface area contributed by atoms with Crippen LogP contribution in [-0.4, -0.2) is 21.4 Å². The van der Waals surface area contributed by atoms with Gasteiger partial charge in [0.1, 0.15) is 5.41 Å². The second kappa shape index (κ2) is 8.70. The third-order valence-corrected chi connectivity index (χ3v) is 6.54. The van der Waals surface area contributed by atoms with Crippen LogP contribution < -0.4 is 0 Å². The molecule has 132 valence electrons. The molecule has 0 saturated heterocycles. The van der Waals surface area contributed by atoms with Crippen molar-refractivity contribution in [1.82, 2.24) is 0 Å². The molecule has 0 fully saturated rings. The number of benzene rings is 1. The van der Waals surface area contributed by atoms with Gasteiger partial charge in [-0.15, -0.1) is 0 Å². The Morgan fingerprint density at radius 1 is 1.12 bits per heavy atom. The van der Waals surface area contributed by atoms with Crippen molar-refractivity contribution in [3.05, 3.63) is 35.4 Å². The number of rotatable bonds is 9. The molecule has 1 aromatic carbocycles. The van der Waals surface area contributed by atoms with Gasteiger partial charge >= 0.3 is 5.97 Å². The molecule has 0 saturated carbocycles. The van der Waals surface area contributed by atoms with E-state index in [1.165, 1.54) is 43.9 Å². The number of carbonyl (C=O) groups excluding carboxylic acids is 1. The van der Waals surface area contributed by atoms with E-state index in [4.69, 9.17) is 0 Å². The molecule has 0 bridgehead atoms. The summed E-state index contributed by atoms with van der Waals surface area (Å²) in [6.45, 7) is 3.99. The minimum Gasteiger partial charge on any atom is -0.481 e. The van der Waals surface area contributed by atoms with Crippen LogP contribution in [0.3, 0.4) is 0 Å².